The molecule has 1 aromatic heterocycles. The lowest BCUT2D eigenvalue weighted by Gasteiger charge is -2.17. The first-order valence-corrected chi connectivity index (χ1v) is 4.06. The molecule has 1 rings (SSSR count). The normalized spacial score (nSPS) is 11.4. The Balaban J connectivity index is 3.16. The van der Waals surface area contributed by atoms with E-state index in [0.29, 0.717) is 0 Å². The van der Waals surface area contributed by atoms with Crippen molar-refractivity contribution in [2.24, 2.45) is 0 Å². The van der Waals surface area contributed by atoms with Gasteiger partial charge in [-0.25, -0.2) is 0 Å². The SMILES string of the molecule is COc1nc(O)cc(C(C)(C)C)n1. The molecule has 0 fully saturated rings. The maximum Gasteiger partial charge on any atom is 0.319 e. The van der Waals surface area contributed by atoms with Gasteiger partial charge < -0.3 is 9.84 Å². The molecule has 0 spiro atoms. The lowest BCUT2D eigenvalue weighted by molar-refractivity contribution is 0.356. The number of hydrogen-bond donors (Lipinski definition) is 1. The molecule has 1 heterocycles. The molecule has 0 aliphatic carbocycles. The number of hydrogen-bond acceptors (Lipinski definition) is 4. The smallest absolute Gasteiger partial charge is 0.319 e. The minimum atomic E-state index is -0.117. The van der Waals surface area contributed by atoms with Crippen molar-refractivity contribution in [3.8, 4) is 11.9 Å². The molecular weight excluding hydrogens is 168 g/mol. The van der Waals surface area contributed by atoms with Gasteiger partial charge in [-0.3, -0.25) is 0 Å². The highest BCUT2D eigenvalue weighted by Gasteiger charge is 2.17. The fraction of sp³-hybridized carbons (Fsp3) is 0.556. The highest BCUT2D eigenvalue weighted by molar-refractivity contribution is 5.22. The van der Waals surface area contributed by atoms with Crippen LogP contribution in [0.5, 0.6) is 11.9 Å². The number of methoxy groups -OCH3 is 1. The Bertz CT molecular complexity index is 305. The van der Waals surface area contributed by atoms with Crippen molar-refractivity contribution in [3.63, 3.8) is 0 Å². The zero-order valence-corrected chi connectivity index (χ0v) is 8.33. The molecule has 13 heavy (non-hydrogen) atoms. The van der Waals surface area contributed by atoms with Crippen LogP contribution in [0.1, 0.15) is 26.5 Å². The highest BCUT2D eigenvalue weighted by atomic mass is 16.5. The molecule has 1 aromatic rings. The highest BCUT2D eigenvalue weighted by Crippen LogP contribution is 2.24. The van der Waals surface area contributed by atoms with E-state index in [2.05, 4.69) is 9.97 Å². The lowest BCUT2D eigenvalue weighted by Crippen LogP contribution is -2.14. The first-order chi connectivity index (χ1) is 5.93. The third-order valence-electron chi connectivity index (χ3n) is 1.64. The average Bonchev–Trinajstić information content (AvgIpc) is 2.01. The van der Waals surface area contributed by atoms with Gasteiger partial charge in [0.1, 0.15) is 0 Å². The largest absolute Gasteiger partial charge is 0.493 e. The van der Waals surface area contributed by atoms with Crippen LogP contribution in [0.15, 0.2) is 6.07 Å². The molecule has 72 valence electrons. The van der Waals surface area contributed by atoms with Crippen molar-refractivity contribution >= 4 is 0 Å². The zero-order valence-electron chi connectivity index (χ0n) is 8.33. The summed E-state index contributed by atoms with van der Waals surface area (Å²) in [6.45, 7) is 6.02. The molecule has 0 aromatic carbocycles. The van der Waals surface area contributed by atoms with Gasteiger partial charge in [0.15, 0.2) is 0 Å². The van der Waals surface area contributed by atoms with Crippen LogP contribution in [0.3, 0.4) is 0 Å². The van der Waals surface area contributed by atoms with E-state index in [4.69, 9.17) is 4.74 Å². The van der Waals surface area contributed by atoms with E-state index in [1.807, 2.05) is 20.8 Å². The second-order valence-corrected chi connectivity index (χ2v) is 3.85. The first kappa shape index (κ1) is 9.77. The second kappa shape index (κ2) is 3.20. The molecule has 0 radical (unpaired) electrons. The summed E-state index contributed by atoms with van der Waals surface area (Å²) in [5.74, 6) is -0.0585. The van der Waals surface area contributed by atoms with Crippen LogP contribution in [0.2, 0.25) is 0 Å². The first-order valence-electron chi connectivity index (χ1n) is 4.06. The van der Waals surface area contributed by atoms with Crippen LogP contribution in [0.25, 0.3) is 0 Å². The number of ether oxygens (including phenoxy) is 1. The van der Waals surface area contributed by atoms with Gasteiger partial charge in [-0.1, -0.05) is 20.8 Å². The molecular formula is C9H14N2O2. The monoisotopic (exact) mass is 182 g/mol. The summed E-state index contributed by atoms with van der Waals surface area (Å²) in [6, 6.07) is 1.74. The molecule has 0 aliphatic heterocycles. The molecule has 4 heteroatoms. The Morgan fingerprint density at radius 3 is 2.38 bits per heavy atom. The van der Waals surface area contributed by atoms with Gasteiger partial charge in [0.2, 0.25) is 5.88 Å². The Labute approximate surface area is 77.6 Å². The summed E-state index contributed by atoms with van der Waals surface area (Å²) >= 11 is 0. The number of nitrogens with zero attached hydrogens (tertiary/aromatic N) is 2. The second-order valence-electron chi connectivity index (χ2n) is 3.85. The lowest BCUT2D eigenvalue weighted by atomic mass is 9.92. The minimum Gasteiger partial charge on any atom is -0.493 e. The Morgan fingerprint density at radius 2 is 1.92 bits per heavy atom. The minimum absolute atomic E-state index is 0.0585. The van der Waals surface area contributed by atoms with Crippen molar-refractivity contribution in [1.29, 1.82) is 0 Å². The average molecular weight is 182 g/mol. The van der Waals surface area contributed by atoms with E-state index < -0.39 is 0 Å². The summed E-state index contributed by atoms with van der Waals surface area (Å²) in [5, 5.41) is 9.26. The third kappa shape index (κ3) is 2.31. The Hall–Kier alpha value is -1.32. The summed E-state index contributed by atoms with van der Waals surface area (Å²) in [4.78, 5) is 7.82. The molecule has 4 nitrogen and oxygen atoms in total. The summed E-state index contributed by atoms with van der Waals surface area (Å²) in [5.41, 5.74) is 0.644. The maximum atomic E-state index is 9.26. The van der Waals surface area contributed by atoms with Crippen molar-refractivity contribution in [2.75, 3.05) is 7.11 Å². The topological polar surface area (TPSA) is 55.2 Å². The van der Waals surface area contributed by atoms with Crippen LogP contribution in [-0.2, 0) is 5.41 Å². The summed E-state index contributed by atoms with van der Waals surface area (Å²) in [6.07, 6.45) is 0. The van der Waals surface area contributed by atoms with E-state index in [1.165, 1.54) is 7.11 Å². The fourth-order valence-electron chi connectivity index (χ4n) is 0.888. The number of aromatic nitrogens is 2. The molecule has 1 N–H and O–H groups in total. The molecule has 0 aliphatic rings. The molecule has 0 unspecified atom stereocenters. The van der Waals surface area contributed by atoms with E-state index in [-0.39, 0.29) is 17.3 Å². The summed E-state index contributed by atoms with van der Waals surface area (Å²) < 4.78 is 4.85. The van der Waals surface area contributed by atoms with Crippen LogP contribution < -0.4 is 4.74 Å². The van der Waals surface area contributed by atoms with Gasteiger partial charge in [-0.2, -0.15) is 9.97 Å². The molecule has 0 saturated carbocycles. The number of aromatic hydroxyl groups is 1. The van der Waals surface area contributed by atoms with Crippen molar-refractivity contribution in [1.82, 2.24) is 9.97 Å². The van der Waals surface area contributed by atoms with Crippen LogP contribution in [0, 0.1) is 0 Å². The van der Waals surface area contributed by atoms with Gasteiger partial charge >= 0.3 is 6.01 Å². The predicted octanol–water partition coefficient (Wildman–Crippen LogP) is 1.49. The van der Waals surface area contributed by atoms with Crippen molar-refractivity contribution < 1.29 is 9.84 Å². The maximum absolute atomic E-state index is 9.26. The van der Waals surface area contributed by atoms with Crippen LogP contribution in [-0.4, -0.2) is 22.2 Å². The van der Waals surface area contributed by atoms with Crippen molar-refractivity contribution in [3.05, 3.63) is 11.8 Å². The van der Waals surface area contributed by atoms with Gasteiger partial charge in [-0.05, 0) is 0 Å². The van der Waals surface area contributed by atoms with Gasteiger partial charge in [-0.15, -0.1) is 0 Å². The van der Waals surface area contributed by atoms with Crippen LogP contribution >= 0.6 is 0 Å². The molecule has 0 saturated heterocycles. The molecule has 0 amide bonds. The number of rotatable bonds is 1. The van der Waals surface area contributed by atoms with Gasteiger partial charge in [0.05, 0.1) is 12.8 Å². The standard InChI is InChI=1S/C9H14N2O2/c1-9(2,3)6-5-7(12)11-8(10-6)13-4/h5H,1-4H3,(H,10,11,12). The Kier molecular flexibility index (Phi) is 2.40. The molecule has 0 bridgehead atoms. The summed E-state index contributed by atoms with van der Waals surface area (Å²) in [7, 11) is 1.47. The van der Waals surface area contributed by atoms with Crippen LogP contribution in [0.4, 0.5) is 0 Å². The van der Waals surface area contributed by atoms with Gasteiger partial charge in [0, 0.05) is 11.5 Å². The fourth-order valence-corrected chi connectivity index (χ4v) is 0.888. The predicted molar refractivity (Wildman–Crippen MR) is 48.9 cm³/mol. The Morgan fingerprint density at radius 1 is 1.31 bits per heavy atom. The van der Waals surface area contributed by atoms with E-state index in [9.17, 15) is 5.11 Å². The van der Waals surface area contributed by atoms with E-state index in [1.54, 1.807) is 6.07 Å². The van der Waals surface area contributed by atoms with E-state index >= 15 is 0 Å². The third-order valence-corrected chi connectivity index (χ3v) is 1.64. The van der Waals surface area contributed by atoms with E-state index in [0.717, 1.165) is 5.69 Å². The van der Waals surface area contributed by atoms with Crippen molar-refractivity contribution in [2.45, 2.75) is 26.2 Å². The van der Waals surface area contributed by atoms with Gasteiger partial charge in [0.25, 0.3) is 0 Å². The quantitative estimate of drug-likeness (QED) is 0.714. The molecule has 0 atom stereocenters. The zero-order chi connectivity index (χ0) is 10.1.